The van der Waals surface area contributed by atoms with Crippen LogP contribution in [0.2, 0.25) is 0 Å². The van der Waals surface area contributed by atoms with Crippen molar-refractivity contribution in [2.45, 2.75) is 6.42 Å². The molecule has 3 rings (SSSR count). The third kappa shape index (κ3) is 4.39. The maximum absolute atomic E-state index is 12.4. The van der Waals surface area contributed by atoms with Gasteiger partial charge >= 0.3 is 0 Å². The number of benzene rings is 2. The van der Waals surface area contributed by atoms with E-state index in [0.717, 1.165) is 17.9 Å². The van der Waals surface area contributed by atoms with E-state index in [0.29, 0.717) is 24.7 Å². The molecule has 1 heterocycles. The van der Waals surface area contributed by atoms with Gasteiger partial charge in [-0.3, -0.25) is 9.00 Å². The summed E-state index contributed by atoms with van der Waals surface area (Å²) in [6.07, 6.45) is 0.856. The molecule has 132 valence electrons. The molecule has 0 saturated heterocycles. The number of hydrogen-bond donors (Lipinski definition) is 0. The summed E-state index contributed by atoms with van der Waals surface area (Å²) in [4.78, 5) is 14.1. The standard InChI is InChI=1S/C19H21NO4S/c1-23-16-6-8-17(9-7-16)24-12-13-25(22)14-19(21)20-11-10-15-4-2-3-5-18(15)20/h2-9H,10-14H2,1H3/t25-/m0/s1. The molecule has 0 unspecified atom stereocenters. The van der Waals surface area contributed by atoms with E-state index < -0.39 is 10.8 Å². The fraction of sp³-hybridized carbons (Fsp3) is 0.316. The van der Waals surface area contributed by atoms with Crippen LogP contribution >= 0.6 is 0 Å². The fourth-order valence-corrected chi connectivity index (χ4v) is 3.65. The van der Waals surface area contributed by atoms with Crippen LogP contribution in [0.15, 0.2) is 48.5 Å². The van der Waals surface area contributed by atoms with E-state index in [1.54, 1.807) is 36.3 Å². The number of anilines is 1. The van der Waals surface area contributed by atoms with Crippen LogP contribution in [-0.4, -0.2) is 41.9 Å². The lowest BCUT2D eigenvalue weighted by atomic mass is 10.2. The molecule has 0 aromatic heterocycles. The molecule has 0 N–H and O–H groups in total. The molecule has 0 radical (unpaired) electrons. The van der Waals surface area contributed by atoms with Crippen LogP contribution < -0.4 is 14.4 Å². The Morgan fingerprint density at radius 2 is 1.84 bits per heavy atom. The number of amides is 1. The highest BCUT2D eigenvalue weighted by atomic mass is 32.2. The number of fused-ring (bicyclic) bond motifs is 1. The van der Waals surface area contributed by atoms with Gasteiger partial charge in [0.1, 0.15) is 17.3 Å². The zero-order chi connectivity index (χ0) is 17.6. The van der Waals surface area contributed by atoms with Crippen LogP contribution in [0.3, 0.4) is 0 Å². The molecular weight excluding hydrogens is 338 g/mol. The molecule has 0 spiro atoms. The third-order valence-electron chi connectivity index (χ3n) is 4.11. The Morgan fingerprint density at radius 1 is 1.12 bits per heavy atom. The number of ether oxygens (including phenoxy) is 2. The summed E-state index contributed by atoms with van der Waals surface area (Å²) in [6, 6.07) is 15.1. The first-order chi connectivity index (χ1) is 12.2. The monoisotopic (exact) mass is 359 g/mol. The Balaban J connectivity index is 1.45. The summed E-state index contributed by atoms with van der Waals surface area (Å²) in [7, 11) is 0.362. The molecule has 5 nitrogen and oxygen atoms in total. The summed E-state index contributed by atoms with van der Waals surface area (Å²) in [5, 5.41) is 0. The molecule has 1 aliphatic rings. The zero-order valence-corrected chi connectivity index (χ0v) is 15.0. The summed E-state index contributed by atoms with van der Waals surface area (Å²) in [5.41, 5.74) is 2.11. The van der Waals surface area contributed by atoms with Crippen LogP contribution in [0.5, 0.6) is 11.5 Å². The average Bonchev–Trinajstić information content (AvgIpc) is 3.06. The van der Waals surface area contributed by atoms with Gasteiger partial charge in [-0.2, -0.15) is 0 Å². The van der Waals surface area contributed by atoms with Crippen molar-refractivity contribution in [1.29, 1.82) is 0 Å². The maximum Gasteiger partial charge on any atom is 0.239 e. The lowest BCUT2D eigenvalue weighted by molar-refractivity contribution is -0.116. The van der Waals surface area contributed by atoms with Gasteiger partial charge < -0.3 is 14.4 Å². The second-order valence-electron chi connectivity index (χ2n) is 5.74. The van der Waals surface area contributed by atoms with Crippen LogP contribution in [-0.2, 0) is 22.0 Å². The van der Waals surface area contributed by atoms with Gasteiger partial charge in [0.2, 0.25) is 5.91 Å². The van der Waals surface area contributed by atoms with E-state index in [-0.39, 0.29) is 11.7 Å². The van der Waals surface area contributed by atoms with Gasteiger partial charge in [-0.15, -0.1) is 0 Å². The molecule has 6 heteroatoms. The lowest BCUT2D eigenvalue weighted by Crippen LogP contribution is -2.33. The van der Waals surface area contributed by atoms with E-state index in [1.807, 2.05) is 24.3 Å². The molecule has 0 saturated carbocycles. The topological polar surface area (TPSA) is 55.8 Å². The van der Waals surface area contributed by atoms with Crippen molar-refractivity contribution < 1.29 is 18.5 Å². The van der Waals surface area contributed by atoms with Crippen LogP contribution in [0, 0.1) is 0 Å². The molecule has 2 aromatic rings. The minimum atomic E-state index is -1.24. The van der Waals surface area contributed by atoms with Crippen molar-refractivity contribution in [3.63, 3.8) is 0 Å². The molecule has 1 atom stereocenters. The lowest BCUT2D eigenvalue weighted by Gasteiger charge is -2.17. The molecule has 1 aliphatic heterocycles. The molecule has 1 amide bonds. The normalized spacial score (nSPS) is 14.0. The average molecular weight is 359 g/mol. The first-order valence-electron chi connectivity index (χ1n) is 8.17. The fourth-order valence-electron chi connectivity index (χ4n) is 2.81. The Morgan fingerprint density at radius 3 is 2.60 bits per heavy atom. The number of carbonyl (C=O) groups is 1. The number of nitrogens with zero attached hydrogens (tertiary/aromatic N) is 1. The van der Waals surface area contributed by atoms with E-state index in [2.05, 4.69) is 0 Å². The van der Waals surface area contributed by atoms with Crippen molar-refractivity contribution in [3.05, 3.63) is 54.1 Å². The summed E-state index contributed by atoms with van der Waals surface area (Å²) in [5.74, 6) is 1.71. The number of carbonyl (C=O) groups excluding carboxylic acids is 1. The second-order valence-corrected chi connectivity index (χ2v) is 7.31. The highest BCUT2D eigenvalue weighted by Crippen LogP contribution is 2.27. The molecule has 0 bridgehead atoms. The molecule has 25 heavy (non-hydrogen) atoms. The summed E-state index contributed by atoms with van der Waals surface area (Å²) >= 11 is 0. The van der Waals surface area contributed by atoms with Gasteiger partial charge in [0, 0.05) is 23.0 Å². The number of para-hydroxylation sites is 1. The number of methoxy groups -OCH3 is 1. The van der Waals surface area contributed by atoms with Crippen molar-refractivity contribution >= 4 is 22.4 Å². The Labute approximate surface area is 150 Å². The van der Waals surface area contributed by atoms with Gasteiger partial charge in [-0.25, -0.2) is 0 Å². The minimum absolute atomic E-state index is 0.0281. The zero-order valence-electron chi connectivity index (χ0n) is 14.1. The van der Waals surface area contributed by atoms with Crippen LogP contribution in [0.1, 0.15) is 5.56 Å². The highest BCUT2D eigenvalue weighted by molar-refractivity contribution is 7.85. The summed E-state index contributed by atoms with van der Waals surface area (Å²) in [6.45, 7) is 0.973. The summed E-state index contributed by atoms with van der Waals surface area (Å²) < 4.78 is 22.8. The van der Waals surface area contributed by atoms with E-state index in [9.17, 15) is 9.00 Å². The molecular formula is C19H21NO4S. The van der Waals surface area contributed by atoms with Crippen LogP contribution in [0.25, 0.3) is 0 Å². The van der Waals surface area contributed by atoms with Gasteiger partial charge in [-0.1, -0.05) is 18.2 Å². The second kappa shape index (κ2) is 8.16. The number of hydrogen-bond acceptors (Lipinski definition) is 4. The van der Waals surface area contributed by atoms with Crippen molar-refractivity contribution in [2.75, 3.05) is 36.7 Å². The first-order valence-corrected chi connectivity index (χ1v) is 9.66. The van der Waals surface area contributed by atoms with Crippen molar-refractivity contribution in [3.8, 4) is 11.5 Å². The van der Waals surface area contributed by atoms with E-state index >= 15 is 0 Å². The molecule has 0 aliphatic carbocycles. The van der Waals surface area contributed by atoms with Crippen molar-refractivity contribution in [2.24, 2.45) is 0 Å². The SMILES string of the molecule is COc1ccc(OCC[S@](=O)CC(=O)N2CCc3ccccc32)cc1. The molecule has 2 aromatic carbocycles. The predicted octanol–water partition coefficient (Wildman–Crippen LogP) is 2.41. The highest BCUT2D eigenvalue weighted by Gasteiger charge is 2.25. The number of rotatable bonds is 7. The third-order valence-corrected chi connectivity index (χ3v) is 5.30. The van der Waals surface area contributed by atoms with E-state index in [1.165, 1.54) is 5.56 Å². The van der Waals surface area contributed by atoms with Gasteiger partial charge in [0.05, 0.1) is 19.5 Å². The molecule has 0 fully saturated rings. The first kappa shape index (κ1) is 17.5. The maximum atomic E-state index is 12.4. The van der Waals surface area contributed by atoms with Crippen molar-refractivity contribution in [1.82, 2.24) is 0 Å². The largest absolute Gasteiger partial charge is 0.497 e. The Hall–Kier alpha value is -2.34. The Kier molecular flexibility index (Phi) is 5.71. The van der Waals surface area contributed by atoms with E-state index in [4.69, 9.17) is 9.47 Å². The van der Waals surface area contributed by atoms with Gasteiger partial charge in [-0.05, 0) is 42.3 Å². The Bertz CT molecular complexity index is 760. The van der Waals surface area contributed by atoms with Gasteiger partial charge in [0.25, 0.3) is 0 Å². The van der Waals surface area contributed by atoms with Gasteiger partial charge in [0.15, 0.2) is 0 Å². The quantitative estimate of drug-likeness (QED) is 0.762. The smallest absolute Gasteiger partial charge is 0.239 e. The predicted molar refractivity (Wildman–Crippen MR) is 98.9 cm³/mol. The van der Waals surface area contributed by atoms with Crippen LogP contribution in [0.4, 0.5) is 5.69 Å². The minimum Gasteiger partial charge on any atom is -0.497 e.